The van der Waals surface area contributed by atoms with Crippen molar-refractivity contribution in [3.05, 3.63) is 41.0 Å². The van der Waals surface area contributed by atoms with Crippen LogP contribution in [-0.2, 0) is 23.9 Å². The second-order valence-corrected chi connectivity index (χ2v) is 7.40. The van der Waals surface area contributed by atoms with E-state index < -0.39 is 25.0 Å². The molecule has 0 aromatic heterocycles. The van der Waals surface area contributed by atoms with Crippen molar-refractivity contribution in [1.82, 2.24) is 4.90 Å². The lowest BCUT2D eigenvalue weighted by Crippen LogP contribution is -2.37. The zero-order chi connectivity index (χ0) is 20.4. The molecule has 0 saturated carbocycles. The minimum atomic E-state index is -0.777. The van der Waals surface area contributed by atoms with E-state index in [0.717, 1.165) is 21.6 Å². The number of hydrogen-bond acceptors (Lipinski definition) is 5. The highest BCUT2D eigenvalue weighted by Gasteiger charge is 2.47. The van der Waals surface area contributed by atoms with Crippen LogP contribution in [0.5, 0.6) is 0 Å². The maximum atomic E-state index is 12.4. The summed E-state index contributed by atoms with van der Waals surface area (Å²) in [5.41, 5.74) is 3.62. The number of nitrogens with zero attached hydrogens (tertiary/aromatic N) is 1. The van der Waals surface area contributed by atoms with E-state index in [0.29, 0.717) is 18.5 Å². The van der Waals surface area contributed by atoms with E-state index in [1.54, 1.807) is 0 Å². The van der Waals surface area contributed by atoms with Gasteiger partial charge in [-0.2, -0.15) is 0 Å². The number of hydrogen-bond donors (Lipinski definition) is 1. The lowest BCUT2D eigenvalue weighted by molar-refractivity contribution is -0.154. The molecule has 0 spiro atoms. The number of carbonyl (C=O) groups excluding carboxylic acids is 4. The van der Waals surface area contributed by atoms with E-state index in [4.69, 9.17) is 4.74 Å². The highest BCUT2D eigenvalue weighted by Crippen LogP contribution is 2.34. The first kappa shape index (κ1) is 19.8. The van der Waals surface area contributed by atoms with Crippen molar-refractivity contribution in [3.8, 4) is 0 Å². The summed E-state index contributed by atoms with van der Waals surface area (Å²) < 4.78 is 4.98. The lowest BCUT2D eigenvalue weighted by atomic mass is 9.85. The SMILES string of the molecule is Cc1cc(C)c(NC(=O)COC(=O)CN2C(=O)[C@@H]3CC=CC[C@H]3C2=O)c(C)c1. The number of esters is 1. The van der Waals surface area contributed by atoms with Gasteiger partial charge in [-0.15, -0.1) is 0 Å². The van der Waals surface area contributed by atoms with Crippen molar-refractivity contribution >= 4 is 29.4 Å². The molecule has 1 aromatic carbocycles. The molecule has 3 rings (SSSR count). The van der Waals surface area contributed by atoms with Crippen molar-refractivity contribution in [1.29, 1.82) is 0 Å². The van der Waals surface area contributed by atoms with Crippen LogP contribution in [0, 0.1) is 32.6 Å². The standard InChI is InChI=1S/C21H24N2O5/c1-12-8-13(2)19(14(3)9-12)22-17(24)11-28-18(25)10-23-20(26)15-6-4-5-7-16(15)21(23)27/h4-5,8-9,15-16H,6-7,10-11H2,1-3H3,(H,22,24)/t15-,16-/m1/s1. The summed E-state index contributed by atoms with van der Waals surface area (Å²) in [6, 6.07) is 3.90. The number of carbonyl (C=O) groups is 4. The summed E-state index contributed by atoms with van der Waals surface area (Å²) in [5, 5.41) is 2.74. The van der Waals surface area contributed by atoms with Crippen LogP contribution in [0.3, 0.4) is 0 Å². The number of nitrogens with one attached hydrogen (secondary N) is 1. The van der Waals surface area contributed by atoms with Gasteiger partial charge in [0.2, 0.25) is 11.8 Å². The van der Waals surface area contributed by atoms with Crippen LogP contribution in [0.4, 0.5) is 5.69 Å². The molecular formula is C21H24N2O5. The molecule has 0 radical (unpaired) electrons. The third-order valence-corrected chi connectivity index (χ3v) is 5.19. The van der Waals surface area contributed by atoms with Crippen LogP contribution < -0.4 is 5.32 Å². The van der Waals surface area contributed by atoms with Gasteiger partial charge in [0.05, 0.1) is 11.8 Å². The highest BCUT2D eigenvalue weighted by molar-refractivity contribution is 6.07. The fourth-order valence-corrected chi connectivity index (χ4v) is 3.90. The number of rotatable bonds is 5. The molecule has 2 atom stereocenters. The van der Waals surface area contributed by atoms with Gasteiger partial charge < -0.3 is 10.1 Å². The van der Waals surface area contributed by atoms with E-state index in [-0.39, 0.29) is 23.7 Å². The number of imide groups is 1. The molecule has 2 aliphatic rings. The van der Waals surface area contributed by atoms with Crippen molar-refractivity contribution in [2.24, 2.45) is 11.8 Å². The number of fused-ring (bicyclic) bond motifs is 1. The molecule has 1 aliphatic carbocycles. The molecule has 3 amide bonds. The van der Waals surface area contributed by atoms with Crippen LogP contribution in [0.25, 0.3) is 0 Å². The Labute approximate surface area is 163 Å². The second kappa shape index (κ2) is 7.96. The molecule has 0 unspecified atom stereocenters. The Kier molecular flexibility index (Phi) is 5.63. The first-order chi connectivity index (χ1) is 13.3. The smallest absolute Gasteiger partial charge is 0.326 e. The minimum absolute atomic E-state index is 0.341. The molecule has 0 bridgehead atoms. The van der Waals surface area contributed by atoms with Crippen molar-refractivity contribution in [2.75, 3.05) is 18.5 Å². The Bertz CT molecular complexity index is 825. The van der Waals surface area contributed by atoms with Crippen LogP contribution in [0.2, 0.25) is 0 Å². The largest absolute Gasteiger partial charge is 0.454 e. The highest BCUT2D eigenvalue weighted by atomic mass is 16.5. The van der Waals surface area contributed by atoms with Crippen molar-refractivity contribution in [2.45, 2.75) is 33.6 Å². The zero-order valence-corrected chi connectivity index (χ0v) is 16.3. The summed E-state index contributed by atoms with van der Waals surface area (Å²) >= 11 is 0. The van der Waals surface area contributed by atoms with E-state index >= 15 is 0 Å². The molecule has 7 nitrogen and oxygen atoms in total. The Morgan fingerprint density at radius 1 is 1.04 bits per heavy atom. The normalized spacial score (nSPS) is 20.9. The first-order valence-electron chi connectivity index (χ1n) is 9.31. The molecule has 1 fully saturated rings. The van der Waals surface area contributed by atoms with Crippen molar-refractivity contribution < 1.29 is 23.9 Å². The van der Waals surface area contributed by atoms with E-state index in [1.807, 2.05) is 45.1 Å². The number of anilines is 1. The predicted molar refractivity (Wildman–Crippen MR) is 102 cm³/mol. The number of likely N-dealkylation sites (tertiary alicyclic amines) is 1. The lowest BCUT2D eigenvalue weighted by Gasteiger charge is -2.15. The van der Waals surface area contributed by atoms with Crippen LogP contribution in [0.1, 0.15) is 29.5 Å². The quantitative estimate of drug-likeness (QED) is 0.476. The third kappa shape index (κ3) is 3.98. The Hall–Kier alpha value is -2.96. The average molecular weight is 384 g/mol. The summed E-state index contributed by atoms with van der Waals surface area (Å²) in [6.07, 6.45) is 4.79. The number of amides is 3. The van der Waals surface area contributed by atoms with Gasteiger partial charge in [-0.3, -0.25) is 24.1 Å². The zero-order valence-electron chi connectivity index (χ0n) is 16.3. The van der Waals surface area contributed by atoms with E-state index in [2.05, 4.69) is 5.32 Å². The van der Waals surface area contributed by atoms with Gasteiger partial charge in [-0.05, 0) is 44.7 Å². The topological polar surface area (TPSA) is 92.8 Å². The molecule has 28 heavy (non-hydrogen) atoms. The summed E-state index contributed by atoms with van der Waals surface area (Å²) in [5.74, 6) is -2.71. The minimum Gasteiger partial charge on any atom is -0.454 e. The summed E-state index contributed by atoms with van der Waals surface area (Å²) in [6.45, 7) is 4.82. The molecule has 7 heteroatoms. The van der Waals surface area contributed by atoms with Gasteiger partial charge in [0.1, 0.15) is 6.54 Å². The number of allylic oxidation sites excluding steroid dienone is 2. The van der Waals surface area contributed by atoms with E-state index in [1.165, 1.54) is 0 Å². The maximum Gasteiger partial charge on any atom is 0.326 e. The molecule has 148 valence electrons. The molecule has 1 saturated heterocycles. The average Bonchev–Trinajstić information content (AvgIpc) is 2.88. The van der Waals surface area contributed by atoms with Gasteiger partial charge >= 0.3 is 5.97 Å². The Balaban J connectivity index is 1.53. The number of benzene rings is 1. The Morgan fingerprint density at radius 3 is 2.11 bits per heavy atom. The fourth-order valence-electron chi connectivity index (χ4n) is 3.90. The predicted octanol–water partition coefficient (Wildman–Crippen LogP) is 2.04. The molecule has 1 N–H and O–H groups in total. The monoisotopic (exact) mass is 384 g/mol. The number of aryl methyl sites for hydroxylation is 3. The second-order valence-electron chi connectivity index (χ2n) is 7.40. The maximum absolute atomic E-state index is 12.4. The van der Waals surface area contributed by atoms with Gasteiger partial charge in [0.25, 0.3) is 5.91 Å². The summed E-state index contributed by atoms with van der Waals surface area (Å²) in [7, 11) is 0. The third-order valence-electron chi connectivity index (χ3n) is 5.19. The fraction of sp³-hybridized carbons (Fsp3) is 0.429. The van der Waals surface area contributed by atoms with E-state index in [9.17, 15) is 19.2 Å². The van der Waals surface area contributed by atoms with Crippen LogP contribution >= 0.6 is 0 Å². The Morgan fingerprint density at radius 2 is 1.57 bits per heavy atom. The van der Waals surface area contributed by atoms with Crippen LogP contribution in [-0.4, -0.2) is 41.7 Å². The molecule has 1 aliphatic heterocycles. The van der Waals surface area contributed by atoms with Gasteiger partial charge in [0.15, 0.2) is 6.61 Å². The number of ether oxygens (including phenoxy) is 1. The van der Waals surface area contributed by atoms with Gasteiger partial charge in [0, 0.05) is 5.69 Å². The molecular weight excluding hydrogens is 360 g/mol. The van der Waals surface area contributed by atoms with Gasteiger partial charge in [-0.25, -0.2) is 0 Å². The molecule has 1 aromatic rings. The molecule has 1 heterocycles. The van der Waals surface area contributed by atoms with Crippen molar-refractivity contribution in [3.63, 3.8) is 0 Å². The summed E-state index contributed by atoms with van der Waals surface area (Å²) in [4.78, 5) is 49.9. The van der Waals surface area contributed by atoms with Crippen LogP contribution in [0.15, 0.2) is 24.3 Å². The first-order valence-corrected chi connectivity index (χ1v) is 9.31. The van der Waals surface area contributed by atoms with Gasteiger partial charge in [-0.1, -0.05) is 29.8 Å².